The fourth-order valence-corrected chi connectivity index (χ4v) is 1.75. The van der Waals surface area contributed by atoms with Crippen molar-refractivity contribution in [1.29, 1.82) is 0 Å². The Morgan fingerprint density at radius 2 is 2.18 bits per heavy atom. The van der Waals surface area contributed by atoms with Gasteiger partial charge in [0.1, 0.15) is 0 Å². The normalized spacial score (nSPS) is 10.9. The van der Waals surface area contributed by atoms with Crippen LogP contribution in [0.1, 0.15) is 24.4 Å². The summed E-state index contributed by atoms with van der Waals surface area (Å²) >= 11 is 1.30. The van der Waals surface area contributed by atoms with Crippen molar-refractivity contribution < 1.29 is 0 Å². The average Bonchev–Trinajstić information content (AvgIpc) is 2.09. The first-order valence-electron chi connectivity index (χ1n) is 3.78. The maximum absolute atomic E-state index is 10.9. The molecule has 0 atom stereocenters. The highest BCUT2D eigenvalue weighted by atomic mass is 32.1. The van der Waals surface area contributed by atoms with Gasteiger partial charge in [-0.05, 0) is 19.3 Å². The maximum Gasteiger partial charge on any atom is 0.304 e. The molecule has 2 nitrogen and oxygen atoms in total. The Bertz CT molecular complexity index is 285. The molecular weight excluding hydrogens is 158 g/mol. The number of aromatic amines is 1. The number of aryl methyl sites for hydroxylation is 1. The molecule has 0 aromatic carbocycles. The van der Waals surface area contributed by atoms with Crippen LogP contribution in [-0.4, -0.2) is 4.98 Å². The summed E-state index contributed by atoms with van der Waals surface area (Å²) in [5.41, 5.74) is 1.11. The molecule has 0 aliphatic heterocycles. The fourth-order valence-electron chi connectivity index (χ4n) is 1.04. The van der Waals surface area contributed by atoms with E-state index in [0.29, 0.717) is 5.92 Å². The van der Waals surface area contributed by atoms with E-state index in [1.807, 2.05) is 6.92 Å². The average molecular weight is 171 g/mol. The zero-order chi connectivity index (χ0) is 8.43. The van der Waals surface area contributed by atoms with Gasteiger partial charge in [0.2, 0.25) is 0 Å². The van der Waals surface area contributed by atoms with Crippen molar-refractivity contribution in [1.82, 2.24) is 4.98 Å². The molecule has 11 heavy (non-hydrogen) atoms. The van der Waals surface area contributed by atoms with Gasteiger partial charge in [-0.3, -0.25) is 4.79 Å². The monoisotopic (exact) mass is 171 g/mol. The van der Waals surface area contributed by atoms with Gasteiger partial charge in [-0.1, -0.05) is 25.2 Å². The zero-order valence-corrected chi connectivity index (χ0v) is 7.92. The van der Waals surface area contributed by atoms with Gasteiger partial charge in [0, 0.05) is 10.6 Å². The second-order valence-corrected chi connectivity index (χ2v) is 4.33. The van der Waals surface area contributed by atoms with Gasteiger partial charge in [-0.25, -0.2) is 0 Å². The van der Waals surface area contributed by atoms with Crippen molar-refractivity contribution in [3.63, 3.8) is 0 Å². The molecule has 1 N–H and O–H groups in total. The van der Waals surface area contributed by atoms with Crippen LogP contribution in [0.15, 0.2) is 4.79 Å². The molecule has 1 rings (SSSR count). The molecule has 0 radical (unpaired) electrons. The Morgan fingerprint density at radius 3 is 2.55 bits per heavy atom. The second kappa shape index (κ2) is 3.22. The summed E-state index contributed by atoms with van der Waals surface area (Å²) in [6.45, 7) is 6.28. The van der Waals surface area contributed by atoms with Gasteiger partial charge in [-0.15, -0.1) is 0 Å². The summed E-state index contributed by atoms with van der Waals surface area (Å²) in [6.07, 6.45) is 0.977. The van der Waals surface area contributed by atoms with Crippen LogP contribution in [0.25, 0.3) is 0 Å². The molecule has 0 fully saturated rings. The number of H-pyrrole nitrogens is 1. The molecule has 0 aliphatic carbocycles. The Balaban J connectivity index is 2.86. The first-order chi connectivity index (χ1) is 5.09. The molecule has 0 saturated carbocycles. The molecule has 0 bridgehead atoms. The molecule has 1 heterocycles. The van der Waals surface area contributed by atoms with Gasteiger partial charge in [0.25, 0.3) is 0 Å². The standard InChI is InChI=1S/C8H13NOS/c1-5(2)4-7-6(3)11-8(10)9-7/h5H,4H2,1-3H3,(H,9,10). The van der Waals surface area contributed by atoms with E-state index in [-0.39, 0.29) is 4.87 Å². The van der Waals surface area contributed by atoms with Crippen LogP contribution < -0.4 is 4.87 Å². The van der Waals surface area contributed by atoms with Gasteiger partial charge in [0.15, 0.2) is 0 Å². The summed E-state index contributed by atoms with van der Waals surface area (Å²) in [5.74, 6) is 0.610. The highest BCUT2D eigenvalue weighted by molar-refractivity contribution is 7.09. The summed E-state index contributed by atoms with van der Waals surface area (Å²) in [7, 11) is 0. The lowest BCUT2D eigenvalue weighted by atomic mass is 10.1. The molecule has 3 heteroatoms. The van der Waals surface area contributed by atoms with E-state index < -0.39 is 0 Å². The highest BCUT2D eigenvalue weighted by Crippen LogP contribution is 2.11. The first kappa shape index (κ1) is 8.53. The van der Waals surface area contributed by atoms with Crippen LogP contribution in [0.5, 0.6) is 0 Å². The first-order valence-corrected chi connectivity index (χ1v) is 4.60. The molecule has 0 spiro atoms. The summed E-state index contributed by atoms with van der Waals surface area (Å²) in [5, 5.41) is 0. The fraction of sp³-hybridized carbons (Fsp3) is 0.625. The summed E-state index contributed by atoms with van der Waals surface area (Å²) in [6, 6.07) is 0. The number of nitrogens with one attached hydrogen (secondary N) is 1. The van der Waals surface area contributed by atoms with Crippen molar-refractivity contribution in [2.75, 3.05) is 0 Å². The van der Waals surface area contributed by atoms with Crippen LogP contribution >= 0.6 is 11.3 Å². The highest BCUT2D eigenvalue weighted by Gasteiger charge is 2.04. The third-order valence-corrected chi connectivity index (χ3v) is 2.38. The Kier molecular flexibility index (Phi) is 2.49. The van der Waals surface area contributed by atoms with E-state index in [9.17, 15) is 4.79 Å². The van der Waals surface area contributed by atoms with E-state index in [1.54, 1.807) is 0 Å². The molecule has 0 unspecified atom stereocenters. The Morgan fingerprint density at radius 1 is 1.55 bits per heavy atom. The quantitative estimate of drug-likeness (QED) is 0.724. The maximum atomic E-state index is 10.9. The van der Waals surface area contributed by atoms with Gasteiger partial charge < -0.3 is 4.98 Å². The predicted molar refractivity (Wildman–Crippen MR) is 48.2 cm³/mol. The molecular formula is C8H13NOS. The van der Waals surface area contributed by atoms with E-state index >= 15 is 0 Å². The molecule has 0 saturated heterocycles. The minimum absolute atomic E-state index is 0.0677. The Hall–Kier alpha value is -0.570. The third-order valence-electron chi connectivity index (χ3n) is 1.54. The van der Waals surface area contributed by atoms with Crippen LogP contribution in [-0.2, 0) is 6.42 Å². The van der Waals surface area contributed by atoms with Crippen LogP contribution in [0, 0.1) is 12.8 Å². The molecule has 1 aromatic rings. The number of aromatic nitrogens is 1. The van der Waals surface area contributed by atoms with Crippen molar-refractivity contribution in [3.8, 4) is 0 Å². The third kappa shape index (κ3) is 2.19. The molecule has 1 aromatic heterocycles. The van der Waals surface area contributed by atoms with Gasteiger partial charge in [-0.2, -0.15) is 0 Å². The smallest absolute Gasteiger partial charge is 0.304 e. The summed E-state index contributed by atoms with van der Waals surface area (Å²) in [4.78, 5) is 14.9. The van der Waals surface area contributed by atoms with E-state index in [0.717, 1.165) is 17.0 Å². The van der Waals surface area contributed by atoms with Crippen molar-refractivity contribution >= 4 is 11.3 Å². The largest absolute Gasteiger partial charge is 0.316 e. The topological polar surface area (TPSA) is 32.9 Å². The lowest BCUT2D eigenvalue weighted by Gasteiger charge is -2.01. The molecule has 62 valence electrons. The van der Waals surface area contributed by atoms with Gasteiger partial charge in [0.05, 0.1) is 0 Å². The predicted octanol–water partition coefficient (Wildman–Crippen LogP) is 1.94. The number of thiazole rings is 1. The van der Waals surface area contributed by atoms with E-state index in [4.69, 9.17) is 0 Å². The van der Waals surface area contributed by atoms with E-state index in [2.05, 4.69) is 18.8 Å². The SMILES string of the molecule is Cc1sc(=O)[nH]c1CC(C)C. The minimum Gasteiger partial charge on any atom is -0.316 e. The van der Waals surface area contributed by atoms with Crippen molar-refractivity contribution in [2.45, 2.75) is 27.2 Å². The zero-order valence-electron chi connectivity index (χ0n) is 7.10. The van der Waals surface area contributed by atoms with Crippen molar-refractivity contribution in [2.24, 2.45) is 5.92 Å². The van der Waals surface area contributed by atoms with Gasteiger partial charge >= 0.3 is 4.87 Å². The van der Waals surface area contributed by atoms with Crippen LogP contribution in [0.4, 0.5) is 0 Å². The number of rotatable bonds is 2. The second-order valence-electron chi connectivity index (χ2n) is 3.15. The summed E-state index contributed by atoms with van der Waals surface area (Å²) < 4.78 is 0. The molecule has 0 amide bonds. The Labute approximate surface area is 70.3 Å². The lowest BCUT2D eigenvalue weighted by Crippen LogP contribution is -1.99. The van der Waals surface area contributed by atoms with Crippen LogP contribution in [0.2, 0.25) is 0 Å². The lowest BCUT2D eigenvalue weighted by molar-refractivity contribution is 0.635. The molecule has 0 aliphatic rings. The van der Waals surface area contributed by atoms with Crippen molar-refractivity contribution in [3.05, 3.63) is 20.2 Å². The van der Waals surface area contributed by atoms with E-state index in [1.165, 1.54) is 11.3 Å². The van der Waals surface area contributed by atoms with Crippen LogP contribution in [0.3, 0.4) is 0 Å². The number of hydrogen-bond donors (Lipinski definition) is 1. The number of hydrogen-bond acceptors (Lipinski definition) is 2. The minimum atomic E-state index is 0.0677.